The Morgan fingerprint density at radius 3 is 1.79 bits per heavy atom. The van der Waals surface area contributed by atoms with Crippen molar-refractivity contribution in [3.8, 4) is 5.75 Å². The van der Waals surface area contributed by atoms with Crippen molar-refractivity contribution in [3.63, 3.8) is 0 Å². The van der Waals surface area contributed by atoms with Crippen molar-refractivity contribution < 1.29 is 4.74 Å². The topological polar surface area (TPSA) is 424 Å². The van der Waals surface area contributed by atoms with Gasteiger partial charge in [0, 0.05) is 102 Å². The molecule has 10 atom stereocenters. The largest absolute Gasteiger partial charge is 0.490 e. The molecule has 10 unspecified atom stereocenters. The maximum Gasteiger partial charge on any atom is 0.271 e. The number of thioether (sulfide) groups is 1. The Morgan fingerprint density at radius 1 is 0.516 bits per heavy atom. The molecular formula is C94H114N24O6S2. The van der Waals surface area contributed by atoms with E-state index in [0.717, 1.165) is 115 Å². The Kier molecular flexibility index (Phi) is 25.5. The van der Waals surface area contributed by atoms with E-state index in [2.05, 4.69) is 193 Å². The molecule has 0 bridgehead atoms. The van der Waals surface area contributed by atoms with E-state index in [1.165, 1.54) is 155 Å². The number of anilines is 5. The molecule has 7 aliphatic rings. The molecule has 32 heteroatoms. The predicted molar refractivity (Wildman–Crippen MR) is 502 cm³/mol. The quantitative estimate of drug-likeness (QED) is 0.0300. The van der Waals surface area contributed by atoms with Crippen LogP contribution in [-0.4, -0.2) is 137 Å². The van der Waals surface area contributed by atoms with E-state index in [-0.39, 0.29) is 45.4 Å². The molecular weight excluding hydrogens is 1630 g/mol. The molecule has 15 aromatic rings. The number of nitrogens with one attached hydrogen (secondary N) is 16. The van der Waals surface area contributed by atoms with Crippen molar-refractivity contribution in [2.75, 3.05) is 26.6 Å². The molecule has 658 valence electrons. The zero-order valence-electron chi connectivity index (χ0n) is 71.8. The first kappa shape index (κ1) is 84.6. The summed E-state index contributed by atoms with van der Waals surface area (Å²) in [7, 11) is 1.99. The summed E-state index contributed by atoms with van der Waals surface area (Å²) in [5.41, 5.74) is 10.9. The Labute approximate surface area is 735 Å². The lowest BCUT2D eigenvalue weighted by molar-refractivity contribution is 0.209. The van der Waals surface area contributed by atoms with Crippen LogP contribution in [0.3, 0.4) is 0 Å². The van der Waals surface area contributed by atoms with Gasteiger partial charge in [-0.15, -0.1) is 16.4 Å². The highest BCUT2D eigenvalue weighted by atomic mass is 32.2. The lowest BCUT2D eigenvalue weighted by atomic mass is 9.66. The highest BCUT2D eigenvalue weighted by Gasteiger charge is 2.51. The number of aromatic nitrogens is 19. The summed E-state index contributed by atoms with van der Waals surface area (Å²) in [5, 5.41) is 66.4. The average Bonchev–Trinajstić information content (AvgIpc) is 1.58. The van der Waals surface area contributed by atoms with E-state index in [0.29, 0.717) is 69.8 Å². The van der Waals surface area contributed by atoms with Crippen LogP contribution in [0.15, 0.2) is 177 Å². The maximum atomic E-state index is 11.8. The number of pyridine rings is 1. The zero-order chi connectivity index (χ0) is 86.3. The molecule has 0 radical (unpaired) electrons. The number of benzene rings is 5. The highest BCUT2D eigenvalue weighted by Crippen LogP contribution is 2.58. The number of imidazole rings is 1. The van der Waals surface area contributed by atoms with Gasteiger partial charge in [0.05, 0.1) is 73.2 Å². The Balaban J connectivity index is 0.000000107. The Hall–Kier alpha value is -12.2. The third kappa shape index (κ3) is 20.5. The van der Waals surface area contributed by atoms with Gasteiger partial charge in [0.15, 0.2) is 5.13 Å². The van der Waals surface area contributed by atoms with Crippen molar-refractivity contribution in [1.82, 2.24) is 95.9 Å². The van der Waals surface area contributed by atoms with Gasteiger partial charge in [-0.25, -0.2) is 19.9 Å². The number of ether oxygens (including phenoxy) is 1. The SMILES string of the molecule is Cc1cnc(NC2CCCC(SCc3ccc4c(=O)[nH][nH]c4c3)C2)s1.Cn1cnc(NC2CCCC(C(C)(C)c3ccc4c(=O)[nH][nH]c4c3)C2)c1.O=c1[nH][nH]c2cc(C3(C4CCCC(Nc5ccccn5)C4)CC3)ccc12.O=c1[nH][nH]c2cc(CC3CCCC(Nc4cc(C5CC5)[nH]n4)C3)ccc12.O=c1[nH][nH]c2cc(OC3CCC(Nc4nccnn4)C3)ccc12. The Morgan fingerprint density at radius 2 is 1.13 bits per heavy atom. The highest BCUT2D eigenvalue weighted by molar-refractivity contribution is 7.99. The van der Waals surface area contributed by atoms with Crippen LogP contribution in [0, 0.1) is 24.7 Å². The van der Waals surface area contributed by atoms with E-state index < -0.39 is 0 Å². The number of hydrogen-bond acceptors (Lipinski definition) is 20. The smallest absolute Gasteiger partial charge is 0.271 e. The molecule has 7 fully saturated rings. The molecule has 16 N–H and O–H groups in total. The lowest BCUT2D eigenvalue weighted by Gasteiger charge is -2.40. The van der Waals surface area contributed by atoms with Gasteiger partial charge in [0.2, 0.25) is 5.95 Å². The lowest BCUT2D eigenvalue weighted by Crippen LogP contribution is -2.37. The summed E-state index contributed by atoms with van der Waals surface area (Å²) < 4.78 is 8.00. The molecule has 0 spiro atoms. The fourth-order valence-corrected chi connectivity index (χ4v) is 22.0. The summed E-state index contributed by atoms with van der Waals surface area (Å²) in [6, 6.07) is 40.7. The third-order valence-electron chi connectivity index (χ3n) is 27.1. The first-order chi connectivity index (χ1) is 61.4. The van der Waals surface area contributed by atoms with Gasteiger partial charge >= 0.3 is 0 Å². The minimum Gasteiger partial charge on any atom is -0.490 e. The monoisotopic (exact) mass is 1740 g/mol. The van der Waals surface area contributed by atoms with Gasteiger partial charge in [-0.3, -0.25) is 80.1 Å². The van der Waals surface area contributed by atoms with Gasteiger partial charge in [0.25, 0.3) is 27.8 Å². The van der Waals surface area contributed by atoms with E-state index in [1.807, 2.05) is 103 Å². The summed E-state index contributed by atoms with van der Waals surface area (Å²) in [6.45, 7) is 6.75. The van der Waals surface area contributed by atoms with Crippen LogP contribution in [0.2, 0.25) is 0 Å². The molecule has 7 saturated carbocycles. The Bertz CT molecular complexity index is 6470. The molecule has 0 saturated heterocycles. The summed E-state index contributed by atoms with van der Waals surface area (Å²) >= 11 is 3.76. The number of hydrogen-bond donors (Lipinski definition) is 16. The van der Waals surface area contributed by atoms with Crippen LogP contribution in [0.4, 0.5) is 28.5 Å². The summed E-state index contributed by atoms with van der Waals surface area (Å²) in [5.74, 6) is 7.90. The van der Waals surface area contributed by atoms with Crippen molar-refractivity contribution in [3.05, 3.63) is 237 Å². The first-order valence-electron chi connectivity index (χ1n) is 45.0. The zero-order valence-corrected chi connectivity index (χ0v) is 73.4. The van der Waals surface area contributed by atoms with Gasteiger partial charge < -0.3 is 35.9 Å². The fraction of sp³-hybridized carbons (Fsp3) is 0.447. The van der Waals surface area contributed by atoms with Crippen LogP contribution in [0.25, 0.3) is 54.5 Å². The molecule has 30 nitrogen and oxygen atoms in total. The molecule has 22 rings (SSSR count). The number of aryl methyl sites for hydroxylation is 2. The predicted octanol–water partition coefficient (Wildman–Crippen LogP) is 16.9. The van der Waals surface area contributed by atoms with E-state index in [9.17, 15) is 24.0 Å². The summed E-state index contributed by atoms with van der Waals surface area (Å²) in [6.07, 6.45) is 39.6. The average molecular weight is 1740 g/mol. The molecule has 0 amide bonds. The molecule has 5 aromatic carbocycles. The number of aromatic amines is 11. The maximum absolute atomic E-state index is 11.8. The number of thiazole rings is 1. The number of rotatable bonds is 22. The number of fused-ring (bicyclic) bond motifs is 5. The van der Waals surface area contributed by atoms with Crippen LogP contribution in [-0.2, 0) is 30.1 Å². The van der Waals surface area contributed by atoms with E-state index in [1.54, 1.807) is 29.8 Å². The summed E-state index contributed by atoms with van der Waals surface area (Å²) in [4.78, 5) is 76.9. The van der Waals surface area contributed by atoms with Crippen LogP contribution in [0.1, 0.15) is 200 Å². The second kappa shape index (κ2) is 37.9. The normalized spacial score (nSPS) is 22.2. The molecule has 10 heterocycles. The second-order valence-corrected chi connectivity index (χ2v) is 39.0. The molecule has 126 heavy (non-hydrogen) atoms. The fourth-order valence-electron chi connectivity index (χ4n) is 20.0. The molecule has 10 aromatic heterocycles. The standard InChI is InChI=1S/C21H24N4O.C20H25N5O.C20H27N5O.C18H22N4OS2.C15H16N6O2/c26-20-17-8-7-15(13-18(17)24-25-20)21(9-10-21)14-4-3-5-16(12-14)23-19-6-1-2-11-22-19;26-20-16-7-4-13(10-18(16)23-25-20)8-12-2-1-3-15(9-12)21-19-11-17(22-24-19)14-5-6-14;1-20(2,14-7-8-16-17(10-14)23-24-19(16)26)13-5-4-6-15(9-13)22-18-11-25(3)12-21-18;1-11-9-19-18(25-11)20-13-3-2-4-14(8-13)24-10-12-5-6-15-16(7-12)21-22-17(15)23;22-14-12-4-3-11(8-13(12)19-20-14)23-10-2-1-9(7-10)18-15-16-5-6-17-21-15/h1-2,6-8,11,13-14,16H,3-5,9-10,12H2,(H,22,23)(H2,24,25,26);4,7,10-12,14-15H,1-3,5-6,8-9H2,(H2,21,22,24)(H2,23,25,26);7-8,10-13,15,22H,4-6,9H2,1-3H3,(H2,23,24,26);5-7,9,13-14H,2-4,8,10H2,1H3,(H,19,20)(H2,21,22,23);3-6,8-10H,1-2,7H2,(H,16,18,21)(H2,19,20,22). The van der Waals surface area contributed by atoms with E-state index >= 15 is 0 Å². The van der Waals surface area contributed by atoms with Crippen LogP contribution >= 0.6 is 23.1 Å². The number of H-pyrrole nitrogens is 11. The van der Waals surface area contributed by atoms with E-state index in [4.69, 9.17) is 4.74 Å². The molecule has 7 aliphatic carbocycles. The minimum atomic E-state index is -0.117. The minimum absolute atomic E-state index is 0.0336. The second-order valence-electron chi connectivity index (χ2n) is 36.4. The van der Waals surface area contributed by atoms with Gasteiger partial charge in [0.1, 0.15) is 29.3 Å². The van der Waals surface area contributed by atoms with Crippen molar-refractivity contribution in [2.24, 2.45) is 24.8 Å². The van der Waals surface area contributed by atoms with Crippen LogP contribution < -0.4 is 59.1 Å². The first-order valence-corrected chi connectivity index (χ1v) is 46.9. The van der Waals surface area contributed by atoms with Crippen molar-refractivity contribution in [1.29, 1.82) is 0 Å². The molecule has 0 aliphatic heterocycles. The van der Waals surface area contributed by atoms with Crippen LogP contribution in [0.5, 0.6) is 5.75 Å². The van der Waals surface area contributed by atoms with Gasteiger partial charge in [-0.05, 0) is 253 Å². The van der Waals surface area contributed by atoms with Crippen molar-refractivity contribution >= 4 is 106 Å². The van der Waals surface area contributed by atoms with Gasteiger partial charge in [-0.2, -0.15) is 22.0 Å². The van der Waals surface area contributed by atoms with Crippen molar-refractivity contribution in [2.45, 2.75) is 239 Å². The number of nitrogens with zero attached hydrogens (tertiary/aromatic N) is 8. The third-order valence-corrected chi connectivity index (χ3v) is 29.4. The van der Waals surface area contributed by atoms with Gasteiger partial charge in [-0.1, -0.05) is 69.9 Å².